The van der Waals surface area contributed by atoms with E-state index in [0.29, 0.717) is 108 Å². The number of alkyl halides is 2. The second-order valence-electron chi connectivity index (χ2n) is 18.6. The number of carbonyl (C=O) groups is 6. The van der Waals surface area contributed by atoms with Crippen LogP contribution in [0.4, 0.5) is 20.3 Å². The molecular weight excluding hydrogens is 915 g/mol. The summed E-state index contributed by atoms with van der Waals surface area (Å²) < 4.78 is 39.8. The van der Waals surface area contributed by atoms with Gasteiger partial charge in [0.1, 0.15) is 12.6 Å². The molecule has 1 atom stereocenters. The van der Waals surface area contributed by atoms with Crippen LogP contribution >= 0.6 is 0 Å². The summed E-state index contributed by atoms with van der Waals surface area (Å²) in [7, 11) is 5.22. The highest BCUT2D eigenvalue weighted by Crippen LogP contribution is 2.44. The largest absolute Gasteiger partial charge is 0.381 e. The highest BCUT2D eigenvalue weighted by Gasteiger charge is 2.35. The van der Waals surface area contributed by atoms with Gasteiger partial charge < -0.3 is 39.2 Å². The summed E-state index contributed by atoms with van der Waals surface area (Å²) in [5, 5.41) is 12.6. The van der Waals surface area contributed by atoms with Gasteiger partial charge in [-0.2, -0.15) is 10.2 Å². The van der Waals surface area contributed by atoms with Crippen molar-refractivity contribution in [3.8, 4) is 11.1 Å². The number of ether oxygens (including phenoxy) is 1. The number of carbonyl (C=O) groups excluding carboxylic acids is 6. The van der Waals surface area contributed by atoms with Gasteiger partial charge in [0.15, 0.2) is 12.1 Å². The molecule has 0 radical (unpaired) electrons. The fraction of sp³-hybridized carbons (Fsp3) is 0.538. The van der Waals surface area contributed by atoms with Crippen molar-refractivity contribution < 1.29 is 42.3 Å². The minimum Gasteiger partial charge on any atom is -0.381 e. The highest BCUT2D eigenvalue weighted by molar-refractivity contribution is 6.02. The molecule has 7 heterocycles. The van der Waals surface area contributed by atoms with Gasteiger partial charge in [-0.25, -0.2) is 8.78 Å². The zero-order valence-corrected chi connectivity index (χ0v) is 41.7. The van der Waals surface area contributed by atoms with Crippen LogP contribution in [0.25, 0.3) is 11.1 Å². The Morgan fingerprint density at radius 1 is 0.901 bits per heavy atom. The predicted molar refractivity (Wildman–Crippen MR) is 264 cm³/mol. The molecule has 0 bridgehead atoms. The third-order valence-electron chi connectivity index (χ3n) is 14.2. The SMILES string of the molecule is CC.CN(C(=O)c1cc2c(cc1C=O)CN(CC(=O)N1CCC(n3cc(-c4cc5c(cc4C(F)F)N(c4nn(C6CCOCC6)c6c4CN(C=O)CC6)CCC5)cn3)CC1)C2)C(C=O)CCC=O.CNC. The number of fused-ring (bicyclic) bond motifs is 3. The number of amides is 3. The quantitative estimate of drug-likeness (QED) is 0.136. The molecule has 5 aliphatic heterocycles. The Bertz CT molecular complexity index is 2530. The Morgan fingerprint density at radius 2 is 1.62 bits per heavy atom. The first-order valence-electron chi connectivity index (χ1n) is 25.0. The molecular formula is C52H68F2N10O7. The maximum Gasteiger partial charge on any atom is 0.264 e. The van der Waals surface area contributed by atoms with Crippen molar-refractivity contribution in [3.63, 3.8) is 0 Å². The van der Waals surface area contributed by atoms with Gasteiger partial charge in [-0.3, -0.25) is 33.4 Å². The molecule has 2 fully saturated rings. The summed E-state index contributed by atoms with van der Waals surface area (Å²) >= 11 is 0. The van der Waals surface area contributed by atoms with Gasteiger partial charge >= 0.3 is 0 Å². The van der Waals surface area contributed by atoms with Gasteiger partial charge in [0.05, 0.1) is 43.0 Å². The molecule has 4 aromatic rings. The lowest BCUT2D eigenvalue weighted by Gasteiger charge is -2.33. The first-order valence-corrected chi connectivity index (χ1v) is 25.0. The molecule has 0 spiro atoms. The molecule has 0 aliphatic carbocycles. The molecule has 3 amide bonds. The second-order valence-corrected chi connectivity index (χ2v) is 18.6. The molecule has 2 saturated heterocycles. The molecule has 1 N–H and O–H groups in total. The maximum absolute atomic E-state index is 15.1. The number of hydrogen-bond acceptors (Lipinski definition) is 12. The average Bonchev–Trinajstić information content (AvgIpc) is 4.16. The van der Waals surface area contributed by atoms with Crippen molar-refractivity contribution in [3.05, 3.63) is 81.3 Å². The van der Waals surface area contributed by atoms with Crippen LogP contribution in [0.1, 0.15) is 132 Å². The number of rotatable bonds is 15. The van der Waals surface area contributed by atoms with E-state index in [4.69, 9.17) is 9.84 Å². The Morgan fingerprint density at radius 3 is 2.28 bits per heavy atom. The molecule has 5 aliphatic rings. The average molecular weight is 983 g/mol. The lowest BCUT2D eigenvalue weighted by molar-refractivity contribution is -0.134. The fourth-order valence-corrected chi connectivity index (χ4v) is 10.5. The van der Waals surface area contributed by atoms with E-state index in [2.05, 4.69) is 20.0 Å². The van der Waals surface area contributed by atoms with Crippen molar-refractivity contribution >= 4 is 48.6 Å². The van der Waals surface area contributed by atoms with E-state index < -0.39 is 18.4 Å². The number of nitrogens with zero attached hydrogens (tertiary/aromatic N) is 9. The van der Waals surface area contributed by atoms with E-state index in [0.717, 1.165) is 71.5 Å². The van der Waals surface area contributed by atoms with Crippen LogP contribution in [0, 0.1) is 0 Å². The number of likely N-dealkylation sites (N-methyl/N-ethyl adjacent to an activating group) is 1. The van der Waals surface area contributed by atoms with Gasteiger partial charge in [-0.1, -0.05) is 13.8 Å². The number of aldehydes is 3. The van der Waals surface area contributed by atoms with E-state index >= 15 is 8.78 Å². The maximum atomic E-state index is 15.1. The molecule has 1 unspecified atom stereocenters. The zero-order chi connectivity index (χ0) is 50.8. The first kappa shape index (κ1) is 52.6. The monoisotopic (exact) mass is 983 g/mol. The van der Waals surface area contributed by atoms with Crippen LogP contribution in [0.2, 0.25) is 0 Å². The molecule has 2 aromatic heterocycles. The van der Waals surface area contributed by atoms with Crippen LogP contribution in [0.3, 0.4) is 0 Å². The van der Waals surface area contributed by atoms with Crippen LogP contribution in [-0.2, 0) is 56.4 Å². The zero-order valence-electron chi connectivity index (χ0n) is 41.7. The van der Waals surface area contributed by atoms with Crippen molar-refractivity contribution in [2.75, 3.05) is 72.0 Å². The van der Waals surface area contributed by atoms with Crippen molar-refractivity contribution in [2.24, 2.45) is 0 Å². The summed E-state index contributed by atoms with van der Waals surface area (Å²) in [4.78, 5) is 82.4. The van der Waals surface area contributed by atoms with E-state index in [9.17, 15) is 28.8 Å². The number of anilines is 2. The number of piperidine rings is 1. The van der Waals surface area contributed by atoms with E-state index in [1.54, 1.807) is 29.3 Å². The number of aryl methyl sites for hydroxylation is 1. The number of nitrogens with one attached hydrogen (secondary N) is 1. The number of benzene rings is 2. The second kappa shape index (κ2) is 24.3. The normalized spacial score (nSPS) is 17.5. The minimum absolute atomic E-state index is 0.0296. The van der Waals surface area contributed by atoms with Crippen molar-refractivity contribution in [1.82, 2.24) is 44.5 Å². The highest BCUT2D eigenvalue weighted by atomic mass is 19.3. The molecule has 382 valence electrons. The van der Waals surface area contributed by atoms with Gasteiger partial charge in [0, 0.05) is 112 Å². The molecule has 17 nitrogen and oxygen atoms in total. The third-order valence-corrected chi connectivity index (χ3v) is 14.2. The van der Waals surface area contributed by atoms with Crippen molar-refractivity contribution in [1.29, 1.82) is 0 Å². The molecule has 9 rings (SSSR count). The number of likely N-dealkylation sites (tertiary alicyclic amines) is 1. The molecule has 0 saturated carbocycles. The summed E-state index contributed by atoms with van der Waals surface area (Å²) in [6, 6.07) is 6.19. The van der Waals surface area contributed by atoms with Gasteiger partial charge in [-0.15, -0.1) is 0 Å². The number of halogens is 2. The summed E-state index contributed by atoms with van der Waals surface area (Å²) in [6.45, 7) is 8.95. The summed E-state index contributed by atoms with van der Waals surface area (Å²) in [6.07, 6.45) is 9.03. The van der Waals surface area contributed by atoms with Crippen LogP contribution < -0.4 is 10.2 Å². The number of aromatic nitrogens is 4. The standard InChI is InChI=1S/C48H55F2N9O7.C2H7N.C2H6/c1-53(38(29-62)5-3-15-60)48(65)40-20-33-24-55(23-32(33)18-34(40)28-61)27-45(64)56-13-6-36(7-14-56)58-25-35(22-51-58)39-19-31-4-2-11-57(44(31)21-41(39)46(49)50)47-42-26-54(30-63)12-8-43(42)59(52-47)37-9-16-66-17-10-37;1-3-2;1-2/h15,18-22,25,28-30,36-38,46H,2-14,16-17,23-24,26-27H2,1H3;3H,1-2H3;1-2H3. The van der Waals surface area contributed by atoms with Gasteiger partial charge in [-0.05, 0) is 106 Å². The first-order chi connectivity index (χ1) is 34.5. The van der Waals surface area contributed by atoms with E-state index in [1.165, 1.54) is 11.9 Å². The van der Waals surface area contributed by atoms with Crippen LogP contribution in [0.5, 0.6) is 0 Å². The topological polar surface area (TPSA) is 176 Å². The Balaban J connectivity index is 0.00000143. The van der Waals surface area contributed by atoms with Crippen LogP contribution in [0.15, 0.2) is 36.7 Å². The van der Waals surface area contributed by atoms with E-state index in [1.807, 2.05) is 54.7 Å². The van der Waals surface area contributed by atoms with Gasteiger partial charge in [0.25, 0.3) is 12.3 Å². The molecule has 2 aromatic carbocycles. The fourth-order valence-electron chi connectivity index (χ4n) is 10.5. The predicted octanol–water partition coefficient (Wildman–Crippen LogP) is 6.11. The number of hydrogen-bond donors (Lipinski definition) is 1. The third kappa shape index (κ3) is 11.5. The Kier molecular flexibility index (Phi) is 18.0. The van der Waals surface area contributed by atoms with E-state index in [-0.39, 0.29) is 54.1 Å². The summed E-state index contributed by atoms with van der Waals surface area (Å²) in [5.74, 6) is 0.200. The molecule has 19 heteroatoms. The van der Waals surface area contributed by atoms with Crippen molar-refractivity contribution in [2.45, 2.75) is 116 Å². The molecule has 71 heavy (non-hydrogen) atoms. The minimum atomic E-state index is -2.74. The summed E-state index contributed by atoms with van der Waals surface area (Å²) in [5.41, 5.74) is 6.78. The Hall–Kier alpha value is -6.18. The van der Waals surface area contributed by atoms with Gasteiger partial charge in [0.2, 0.25) is 12.3 Å². The smallest absolute Gasteiger partial charge is 0.264 e. The lowest BCUT2D eigenvalue weighted by atomic mass is 9.92. The van der Waals surface area contributed by atoms with Crippen LogP contribution in [-0.4, -0.2) is 149 Å². The Labute approximate surface area is 414 Å². The lowest BCUT2D eigenvalue weighted by Crippen LogP contribution is -2.43.